The molecule has 0 aliphatic rings. The molecule has 0 unspecified atom stereocenters. The van der Waals surface area contributed by atoms with E-state index in [1.807, 2.05) is 11.8 Å². The number of amides is 2. The van der Waals surface area contributed by atoms with Crippen molar-refractivity contribution in [2.24, 2.45) is 0 Å². The van der Waals surface area contributed by atoms with Gasteiger partial charge < -0.3 is 14.5 Å². The van der Waals surface area contributed by atoms with E-state index < -0.39 is 0 Å². The smallest absolute Gasteiger partial charge is 0.248 e. The Morgan fingerprint density at radius 2 is 1.37 bits per heavy atom. The molecule has 0 aliphatic heterocycles. The van der Waals surface area contributed by atoms with Crippen molar-refractivity contribution in [1.29, 1.82) is 0 Å². The number of rotatable bonds is 16. The van der Waals surface area contributed by atoms with Gasteiger partial charge in [-0.1, -0.05) is 39.5 Å². The molecule has 0 bridgehead atoms. The summed E-state index contributed by atoms with van der Waals surface area (Å²) in [5, 5.41) is 0. The van der Waals surface area contributed by atoms with Gasteiger partial charge in [0, 0.05) is 33.1 Å². The molecule has 0 radical (unpaired) electrons. The second-order valence-electron chi connectivity index (χ2n) is 6.99. The maximum Gasteiger partial charge on any atom is 0.248 e. The summed E-state index contributed by atoms with van der Waals surface area (Å²) in [7, 11) is 1.79. The highest BCUT2D eigenvalue weighted by atomic mass is 16.5. The lowest BCUT2D eigenvalue weighted by atomic mass is 10.2. The second-order valence-corrected chi connectivity index (χ2v) is 6.99. The zero-order valence-electron chi connectivity index (χ0n) is 18.0. The topological polar surface area (TPSA) is 49.9 Å². The van der Waals surface area contributed by atoms with E-state index in [0.717, 1.165) is 77.4 Å². The first-order valence-corrected chi connectivity index (χ1v) is 10.6. The maximum atomic E-state index is 12.5. The van der Waals surface area contributed by atoms with Gasteiger partial charge in [-0.2, -0.15) is 0 Å². The van der Waals surface area contributed by atoms with Crippen molar-refractivity contribution in [1.82, 2.24) is 9.80 Å². The first kappa shape index (κ1) is 25.5. The minimum Gasteiger partial charge on any atom is -0.362 e. The van der Waals surface area contributed by atoms with Gasteiger partial charge in [0.25, 0.3) is 0 Å². The molecule has 0 atom stereocenters. The van der Waals surface area contributed by atoms with Gasteiger partial charge in [0.1, 0.15) is 13.2 Å². The van der Waals surface area contributed by atoms with E-state index in [2.05, 4.69) is 25.7 Å². The zero-order chi connectivity index (χ0) is 20.3. The first-order valence-electron chi connectivity index (χ1n) is 10.6. The van der Waals surface area contributed by atoms with Crippen LogP contribution in [-0.2, 0) is 14.3 Å². The molecule has 0 aliphatic carbocycles. The van der Waals surface area contributed by atoms with Crippen molar-refractivity contribution >= 4 is 11.8 Å². The first-order chi connectivity index (χ1) is 13.1. The predicted molar refractivity (Wildman–Crippen MR) is 111 cm³/mol. The van der Waals surface area contributed by atoms with E-state index in [0.29, 0.717) is 0 Å². The minimum atomic E-state index is -0.0606. The fourth-order valence-electron chi connectivity index (χ4n) is 2.71. The summed E-state index contributed by atoms with van der Waals surface area (Å²) in [5.74, 6) is 5.88. The van der Waals surface area contributed by atoms with Crippen LogP contribution in [0, 0.1) is 11.8 Å². The van der Waals surface area contributed by atoms with Crippen molar-refractivity contribution < 1.29 is 14.3 Å². The average molecular weight is 381 g/mol. The lowest BCUT2D eigenvalue weighted by Crippen LogP contribution is -2.37. The number of carbonyl (C=O) groups is 2. The van der Waals surface area contributed by atoms with Crippen LogP contribution in [0.4, 0.5) is 0 Å². The molecule has 0 saturated carbocycles. The molecule has 5 nitrogen and oxygen atoms in total. The molecule has 5 heteroatoms. The molecule has 0 heterocycles. The molecule has 156 valence electrons. The van der Waals surface area contributed by atoms with Gasteiger partial charge in [0.2, 0.25) is 11.8 Å². The molecule has 0 fully saturated rings. The zero-order valence-corrected chi connectivity index (χ0v) is 18.0. The summed E-state index contributed by atoms with van der Waals surface area (Å²) in [6.45, 7) is 8.34. The summed E-state index contributed by atoms with van der Waals surface area (Å²) in [6.07, 6.45) is 9.34. The Balaban J connectivity index is 4.22. The molecular weight excluding hydrogens is 340 g/mol. The van der Waals surface area contributed by atoms with E-state index >= 15 is 0 Å². The third-order valence-electron chi connectivity index (χ3n) is 4.51. The highest BCUT2D eigenvalue weighted by Gasteiger charge is 2.15. The largest absolute Gasteiger partial charge is 0.362 e. The van der Waals surface area contributed by atoms with Gasteiger partial charge in [-0.25, -0.2) is 0 Å². The third-order valence-corrected chi connectivity index (χ3v) is 4.51. The van der Waals surface area contributed by atoms with Crippen LogP contribution in [0.1, 0.15) is 78.6 Å². The SMILES string of the molecule is CC#CCCCCN(CCCCC)C(=O)COCC(=O)N(C)CCCCC. The Morgan fingerprint density at radius 3 is 1.96 bits per heavy atom. The highest BCUT2D eigenvalue weighted by molar-refractivity contribution is 5.79. The van der Waals surface area contributed by atoms with E-state index in [4.69, 9.17) is 4.74 Å². The summed E-state index contributed by atoms with van der Waals surface area (Å²) in [6, 6.07) is 0. The minimum absolute atomic E-state index is 0.0184. The van der Waals surface area contributed by atoms with Gasteiger partial charge in [-0.05, 0) is 32.6 Å². The lowest BCUT2D eigenvalue weighted by Gasteiger charge is -2.23. The van der Waals surface area contributed by atoms with Crippen LogP contribution in [0.2, 0.25) is 0 Å². The van der Waals surface area contributed by atoms with Crippen molar-refractivity contribution in [3.8, 4) is 11.8 Å². The van der Waals surface area contributed by atoms with Gasteiger partial charge in [0.05, 0.1) is 0 Å². The molecule has 0 aromatic rings. The van der Waals surface area contributed by atoms with Crippen molar-refractivity contribution in [2.75, 3.05) is 39.9 Å². The van der Waals surface area contributed by atoms with Crippen LogP contribution in [0.25, 0.3) is 0 Å². The van der Waals surface area contributed by atoms with Crippen LogP contribution < -0.4 is 0 Å². The fraction of sp³-hybridized carbons (Fsp3) is 0.818. The molecule has 0 spiro atoms. The molecule has 27 heavy (non-hydrogen) atoms. The summed E-state index contributed by atoms with van der Waals surface area (Å²) >= 11 is 0. The highest BCUT2D eigenvalue weighted by Crippen LogP contribution is 2.04. The van der Waals surface area contributed by atoms with E-state index in [9.17, 15) is 9.59 Å². The normalized spacial score (nSPS) is 10.2. The molecule has 0 N–H and O–H groups in total. The van der Waals surface area contributed by atoms with Gasteiger partial charge in [-0.15, -0.1) is 11.8 Å². The van der Waals surface area contributed by atoms with Crippen molar-refractivity contribution in [3.63, 3.8) is 0 Å². The number of nitrogens with zero attached hydrogens (tertiary/aromatic N) is 2. The number of hydrogen-bond donors (Lipinski definition) is 0. The number of unbranched alkanes of at least 4 members (excludes halogenated alkanes) is 6. The molecule has 0 aromatic heterocycles. The number of carbonyl (C=O) groups excluding carboxylic acids is 2. The van der Waals surface area contributed by atoms with Gasteiger partial charge >= 0.3 is 0 Å². The van der Waals surface area contributed by atoms with E-state index in [-0.39, 0.29) is 25.0 Å². The number of likely N-dealkylation sites (N-methyl/N-ethyl adjacent to an activating group) is 1. The number of ether oxygens (including phenoxy) is 1. The molecule has 2 amide bonds. The number of hydrogen-bond acceptors (Lipinski definition) is 3. The van der Waals surface area contributed by atoms with Crippen molar-refractivity contribution in [3.05, 3.63) is 0 Å². The molecular formula is C22H40N2O3. The van der Waals surface area contributed by atoms with E-state index in [1.54, 1.807) is 11.9 Å². The van der Waals surface area contributed by atoms with Crippen molar-refractivity contribution in [2.45, 2.75) is 78.6 Å². The lowest BCUT2D eigenvalue weighted by molar-refractivity contribution is -0.141. The summed E-state index contributed by atoms with van der Waals surface area (Å²) in [5.41, 5.74) is 0. The predicted octanol–water partition coefficient (Wildman–Crippen LogP) is 3.86. The monoisotopic (exact) mass is 380 g/mol. The standard InChI is InChI=1S/C22H40N2O3/c1-5-8-11-12-15-18-24(17-14-10-7-3)22(26)20-27-19-21(25)23(4)16-13-9-6-2/h6-7,9-20H2,1-4H3. The van der Waals surface area contributed by atoms with Crippen LogP contribution in [-0.4, -0.2) is 61.5 Å². The van der Waals surface area contributed by atoms with Crippen LogP contribution >= 0.6 is 0 Å². The summed E-state index contributed by atoms with van der Waals surface area (Å²) < 4.78 is 5.41. The molecule has 0 aromatic carbocycles. The average Bonchev–Trinajstić information content (AvgIpc) is 2.66. The van der Waals surface area contributed by atoms with Crippen LogP contribution in [0.5, 0.6) is 0 Å². The Bertz CT molecular complexity index is 454. The maximum absolute atomic E-state index is 12.5. The van der Waals surface area contributed by atoms with Crippen LogP contribution in [0.3, 0.4) is 0 Å². The van der Waals surface area contributed by atoms with Gasteiger partial charge in [-0.3, -0.25) is 9.59 Å². The summed E-state index contributed by atoms with van der Waals surface area (Å²) in [4.78, 5) is 28.1. The quantitative estimate of drug-likeness (QED) is 0.302. The van der Waals surface area contributed by atoms with E-state index in [1.165, 1.54) is 0 Å². The Hall–Kier alpha value is -1.54. The Kier molecular flexibility index (Phi) is 16.8. The molecule has 0 saturated heterocycles. The van der Waals surface area contributed by atoms with Crippen LogP contribution in [0.15, 0.2) is 0 Å². The second kappa shape index (κ2) is 17.9. The Labute approximate surface area is 166 Å². The Morgan fingerprint density at radius 1 is 0.815 bits per heavy atom. The third kappa shape index (κ3) is 14.2. The fourth-order valence-corrected chi connectivity index (χ4v) is 2.71. The molecule has 0 rings (SSSR count). The van der Waals surface area contributed by atoms with Gasteiger partial charge in [0.15, 0.2) is 0 Å².